The van der Waals surface area contributed by atoms with E-state index in [0.29, 0.717) is 35.0 Å². The number of likely N-dealkylation sites (tertiary alicyclic amines) is 1. The van der Waals surface area contributed by atoms with Gasteiger partial charge in [-0.15, -0.1) is 0 Å². The number of ether oxygens (including phenoxy) is 2. The highest BCUT2D eigenvalue weighted by atomic mass is 16.5. The van der Waals surface area contributed by atoms with Gasteiger partial charge in [-0.05, 0) is 73.9 Å². The molecule has 2 heterocycles. The van der Waals surface area contributed by atoms with E-state index in [0.717, 1.165) is 11.1 Å². The lowest BCUT2D eigenvalue weighted by Gasteiger charge is -2.25. The smallest absolute Gasteiger partial charge is 0.296 e. The molecule has 1 aliphatic heterocycles. The fourth-order valence-corrected chi connectivity index (χ4v) is 4.31. The van der Waals surface area contributed by atoms with Crippen LogP contribution in [0.15, 0.2) is 64.8 Å². The summed E-state index contributed by atoms with van der Waals surface area (Å²) >= 11 is 0. The molecule has 1 N–H and O–H groups in total. The second-order valence-electron chi connectivity index (χ2n) is 8.15. The van der Waals surface area contributed by atoms with Crippen molar-refractivity contribution in [2.45, 2.75) is 33.4 Å². The number of carbonyl (C=O) groups is 2. The Balaban J connectivity index is 1.90. The summed E-state index contributed by atoms with van der Waals surface area (Å²) in [6.07, 6.45) is 1.51. The van der Waals surface area contributed by atoms with Crippen molar-refractivity contribution >= 4 is 17.4 Å². The summed E-state index contributed by atoms with van der Waals surface area (Å²) in [5.41, 5.74) is 2.67. The molecule has 34 heavy (non-hydrogen) atoms. The molecule has 0 saturated carbocycles. The maximum atomic E-state index is 13.3. The second kappa shape index (κ2) is 9.47. The van der Waals surface area contributed by atoms with Gasteiger partial charge in [-0.3, -0.25) is 9.59 Å². The minimum Gasteiger partial charge on any atom is -0.507 e. The number of Topliss-reactive ketones (excluding diaryl/α,β-unsaturated/α-hetero) is 1. The summed E-state index contributed by atoms with van der Waals surface area (Å²) in [5.74, 6) is 0.143. The van der Waals surface area contributed by atoms with E-state index < -0.39 is 17.7 Å². The molecule has 1 amide bonds. The summed E-state index contributed by atoms with van der Waals surface area (Å²) in [6, 6.07) is 13.4. The van der Waals surface area contributed by atoms with Gasteiger partial charge in [-0.2, -0.15) is 0 Å². The fourth-order valence-electron chi connectivity index (χ4n) is 4.31. The summed E-state index contributed by atoms with van der Waals surface area (Å²) in [7, 11) is 1.58. The third-order valence-electron chi connectivity index (χ3n) is 5.93. The Kier molecular flexibility index (Phi) is 6.45. The molecule has 1 unspecified atom stereocenters. The van der Waals surface area contributed by atoms with E-state index in [2.05, 4.69) is 0 Å². The van der Waals surface area contributed by atoms with Gasteiger partial charge in [0, 0.05) is 5.56 Å². The molecule has 0 aliphatic carbocycles. The SMILES string of the molecule is CCOc1cccc(C2/C(=C(\O)c3cc(C)c(OC)cc3C)C(=O)C(=O)N2Cc2ccco2)c1. The van der Waals surface area contributed by atoms with E-state index in [9.17, 15) is 14.7 Å². The molecule has 0 radical (unpaired) electrons. The molecule has 7 nitrogen and oxygen atoms in total. The van der Waals surface area contributed by atoms with Crippen LogP contribution in [0.5, 0.6) is 11.5 Å². The topological polar surface area (TPSA) is 89.2 Å². The number of carbonyl (C=O) groups excluding carboxylic acids is 2. The van der Waals surface area contributed by atoms with Crippen molar-refractivity contribution in [3.05, 3.63) is 88.4 Å². The number of amides is 1. The maximum absolute atomic E-state index is 13.3. The van der Waals surface area contributed by atoms with Crippen molar-refractivity contribution < 1.29 is 28.6 Å². The van der Waals surface area contributed by atoms with Crippen molar-refractivity contribution in [3.63, 3.8) is 0 Å². The van der Waals surface area contributed by atoms with Crippen LogP contribution >= 0.6 is 0 Å². The number of aliphatic hydroxyl groups excluding tert-OH is 1. The van der Waals surface area contributed by atoms with Crippen molar-refractivity contribution in [3.8, 4) is 11.5 Å². The molecule has 3 aromatic rings. The Morgan fingerprint density at radius 1 is 1.09 bits per heavy atom. The Morgan fingerprint density at radius 3 is 2.56 bits per heavy atom. The number of rotatable bonds is 7. The number of methoxy groups -OCH3 is 1. The Hall–Kier alpha value is -4.00. The number of hydrogen-bond acceptors (Lipinski definition) is 6. The van der Waals surface area contributed by atoms with E-state index >= 15 is 0 Å². The van der Waals surface area contributed by atoms with Crippen LogP contribution in [0.25, 0.3) is 5.76 Å². The molecule has 1 aliphatic rings. The van der Waals surface area contributed by atoms with Crippen LogP contribution in [0.2, 0.25) is 0 Å². The maximum Gasteiger partial charge on any atom is 0.296 e. The monoisotopic (exact) mass is 461 g/mol. The number of nitrogens with zero attached hydrogens (tertiary/aromatic N) is 1. The second-order valence-corrected chi connectivity index (χ2v) is 8.15. The zero-order valence-corrected chi connectivity index (χ0v) is 19.6. The largest absolute Gasteiger partial charge is 0.507 e. The van der Waals surface area contributed by atoms with Crippen LogP contribution in [-0.2, 0) is 16.1 Å². The molecule has 0 bridgehead atoms. The van der Waals surface area contributed by atoms with E-state index in [4.69, 9.17) is 13.9 Å². The normalized spacial score (nSPS) is 17.3. The van der Waals surface area contributed by atoms with Gasteiger partial charge in [-0.25, -0.2) is 0 Å². The molecule has 4 rings (SSSR count). The third kappa shape index (κ3) is 4.17. The molecular weight excluding hydrogens is 434 g/mol. The number of benzene rings is 2. The van der Waals surface area contributed by atoms with Gasteiger partial charge in [0.2, 0.25) is 0 Å². The quantitative estimate of drug-likeness (QED) is 0.305. The number of aryl methyl sites for hydroxylation is 2. The molecule has 176 valence electrons. The van der Waals surface area contributed by atoms with Crippen LogP contribution in [0.1, 0.15) is 41.0 Å². The first-order chi connectivity index (χ1) is 16.3. The summed E-state index contributed by atoms with van der Waals surface area (Å²) in [4.78, 5) is 27.9. The summed E-state index contributed by atoms with van der Waals surface area (Å²) in [6.45, 7) is 6.11. The number of aliphatic hydroxyl groups is 1. The van der Waals surface area contributed by atoms with Gasteiger partial charge in [0.15, 0.2) is 0 Å². The fraction of sp³-hybridized carbons (Fsp3) is 0.259. The molecule has 1 aromatic heterocycles. The van der Waals surface area contributed by atoms with E-state index in [1.54, 1.807) is 43.5 Å². The summed E-state index contributed by atoms with van der Waals surface area (Å²) in [5, 5.41) is 11.4. The van der Waals surface area contributed by atoms with Crippen LogP contribution in [0.4, 0.5) is 0 Å². The summed E-state index contributed by atoms with van der Waals surface area (Å²) < 4.78 is 16.5. The Morgan fingerprint density at radius 2 is 1.88 bits per heavy atom. The Labute approximate surface area is 198 Å². The lowest BCUT2D eigenvalue weighted by atomic mass is 9.93. The van der Waals surface area contributed by atoms with Gasteiger partial charge >= 0.3 is 0 Å². The number of ketones is 1. The average molecular weight is 462 g/mol. The highest BCUT2D eigenvalue weighted by Gasteiger charge is 2.46. The zero-order valence-electron chi connectivity index (χ0n) is 19.6. The van der Waals surface area contributed by atoms with Crippen molar-refractivity contribution in [2.24, 2.45) is 0 Å². The van der Waals surface area contributed by atoms with E-state index in [-0.39, 0.29) is 17.9 Å². The van der Waals surface area contributed by atoms with Gasteiger partial charge in [-0.1, -0.05) is 12.1 Å². The average Bonchev–Trinajstić information content (AvgIpc) is 3.42. The minimum atomic E-state index is -0.813. The van der Waals surface area contributed by atoms with Gasteiger partial charge in [0.25, 0.3) is 11.7 Å². The first-order valence-corrected chi connectivity index (χ1v) is 11.0. The van der Waals surface area contributed by atoms with Gasteiger partial charge < -0.3 is 23.9 Å². The molecule has 1 atom stereocenters. The van der Waals surface area contributed by atoms with E-state index in [1.807, 2.05) is 32.9 Å². The molecule has 2 aromatic carbocycles. The van der Waals surface area contributed by atoms with Crippen molar-refractivity contribution in [1.29, 1.82) is 0 Å². The molecule has 7 heteroatoms. The molecule has 1 fully saturated rings. The minimum absolute atomic E-state index is 0.0258. The molecular formula is C27H27NO6. The lowest BCUT2D eigenvalue weighted by molar-refractivity contribution is -0.140. The first-order valence-electron chi connectivity index (χ1n) is 11.0. The highest BCUT2D eigenvalue weighted by molar-refractivity contribution is 6.46. The third-order valence-corrected chi connectivity index (χ3v) is 5.93. The van der Waals surface area contributed by atoms with Crippen LogP contribution in [0, 0.1) is 13.8 Å². The van der Waals surface area contributed by atoms with Crippen LogP contribution in [0.3, 0.4) is 0 Å². The Bertz CT molecular complexity index is 1260. The van der Waals surface area contributed by atoms with Crippen molar-refractivity contribution in [2.75, 3.05) is 13.7 Å². The van der Waals surface area contributed by atoms with Crippen molar-refractivity contribution in [1.82, 2.24) is 4.90 Å². The van der Waals surface area contributed by atoms with Gasteiger partial charge in [0.05, 0.1) is 38.1 Å². The first kappa shape index (κ1) is 23.2. The van der Waals surface area contributed by atoms with Crippen LogP contribution in [-0.4, -0.2) is 35.4 Å². The molecule has 1 saturated heterocycles. The lowest BCUT2D eigenvalue weighted by Crippen LogP contribution is -2.29. The predicted molar refractivity (Wildman–Crippen MR) is 127 cm³/mol. The standard InChI is InChI=1S/C27H27NO6/c1-5-33-19-9-6-8-18(14-19)24-23(25(29)21-12-17(3)22(32-4)13-16(21)2)26(30)27(31)28(24)15-20-10-7-11-34-20/h6-14,24,29H,5,15H2,1-4H3/b25-23+. The van der Waals surface area contributed by atoms with E-state index in [1.165, 1.54) is 11.2 Å². The van der Waals surface area contributed by atoms with Gasteiger partial charge in [0.1, 0.15) is 23.0 Å². The highest BCUT2D eigenvalue weighted by Crippen LogP contribution is 2.42. The number of hydrogen-bond donors (Lipinski definition) is 1. The zero-order chi connectivity index (χ0) is 24.4. The predicted octanol–water partition coefficient (Wildman–Crippen LogP) is 4.93. The van der Waals surface area contributed by atoms with Crippen LogP contribution < -0.4 is 9.47 Å². The molecule has 0 spiro atoms. The number of furan rings is 1.